The third-order valence-electron chi connectivity index (χ3n) is 3.33. The average Bonchev–Trinajstić information content (AvgIpc) is 2.41. The van der Waals surface area contributed by atoms with Gasteiger partial charge in [0.25, 0.3) is 0 Å². The second-order valence-electron chi connectivity index (χ2n) is 5.09. The van der Waals surface area contributed by atoms with Gasteiger partial charge < -0.3 is 10.5 Å². The molecule has 2 N–H and O–H groups in total. The maximum atomic E-state index is 14.1. The van der Waals surface area contributed by atoms with Gasteiger partial charge in [-0.3, -0.25) is 0 Å². The van der Waals surface area contributed by atoms with E-state index in [0.717, 1.165) is 6.42 Å². The number of nitrogens with two attached hydrogens (primary N) is 1. The molecule has 0 radical (unpaired) electrons. The third kappa shape index (κ3) is 3.58. The van der Waals surface area contributed by atoms with Crippen molar-refractivity contribution in [1.29, 1.82) is 0 Å². The molecule has 106 valence electrons. The first kappa shape index (κ1) is 14.5. The Morgan fingerprint density at radius 2 is 1.90 bits per heavy atom. The van der Waals surface area contributed by atoms with E-state index in [9.17, 15) is 4.39 Å². The molecule has 2 aromatic rings. The summed E-state index contributed by atoms with van der Waals surface area (Å²) in [7, 11) is 1.47. The lowest BCUT2D eigenvalue weighted by atomic mass is 9.98. The van der Waals surface area contributed by atoms with Gasteiger partial charge in [0.15, 0.2) is 11.6 Å². The molecule has 0 aliphatic heterocycles. The SMILES string of the molecule is COc1cccc(CC(N)Cc2cccc(C)c2)c1F. The van der Waals surface area contributed by atoms with Gasteiger partial charge in [0.2, 0.25) is 0 Å². The summed E-state index contributed by atoms with van der Waals surface area (Å²) in [6.07, 6.45) is 1.23. The van der Waals surface area contributed by atoms with Crippen LogP contribution in [0, 0.1) is 12.7 Å². The van der Waals surface area contributed by atoms with Gasteiger partial charge in [0, 0.05) is 6.04 Å². The summed E-state index contributed by atoms with van der Waals surface area (Å²) >= 11 is 0. The molecule has 0 fully saturated rings. The molecule has 1 unspecified atom stereocenters. The Morgan fingerprint density at radius 1 is 1.15 bits per heavy atom. The molecular formula is C17H20FNO. The van der Waals surface area contributed by atoms with Gasteiger partial charge in [-0.1, -0.05) is 42.0 Å². The quantitative estimate of drug-likeness (QED) is 0.907. The molecule has 0 saturated heterocycles. The van der Waals surface area contributed by atoms with Crippen molar-refractivity contribution in [2.75, 3.05) is 7.11 Å². The zero-order chi connectivity index (χ0) is 14.5. The summed E-state index contributed by atoms with van der Waals surface area (Å²) in [5.41, 5.74) is 9.13. The van der Waals surface area contributed by atoms with Crippen molar-refractivity contribution in [2.24, 2.45) is 5.73 Å². The van der Waals surface area contributed by atoms with Crippen molar-refractivity contribution in [3.63, 3.8) is 0 Å². The van der Waals surface area contributed by atoms with Crippen LogP contribution < -0.4 is 10.5 Å². The molecule has 0 heterocycles. The predicted octanol–water partition coefficient (Wildman–Crippen LogP) is 3.26. The van der Waals surface area contributed by atoms with E-state index in [-0.39, 0.29) is 17.6 Å². The van der Waals surface area contributed by atoms with E-state index < -0.39 is 0 Å². The van der Waals surface area contributed by atoms with E-state index in [4.69, 9.17) is 10.5 Å². The maximum absolute atomic E-state index is 14.1. The molecule has 3 heteroatoms. The zero-order valence-electron chi connectivity index (χ0n) is 11.9. The molecule has 2 nitrogen and oxygen atoms in total. The van der Waals surface area contributed by atoms with Crippen LogP contribution in [0.4, 0.5) is 4.39 Å². The lowest BCUT2D eigenvalue weighted by Gasteiger charge is -2.14. The molecular weight excluding hydrogens is 253 g/mol. The Hall–Kier alpha value is -1.87. The molecule has 0 aliphatic rings. The lowest BCUT2D eigenvalue weighted by Crippen LogP contribution is -2.26. The number of aryl methyl sites for hydroxylation is 1. The molecule has 1 atom stereocenters. The van der Waals surface area contributed by atoms with Crippen LogP contribution in [0.25, 0.3) is 0 Å². The van der Waals surface area contributed by atoms with Crippen LogP contribution in [0.1, 0.15) is 16.7 Å². The number of halogens is 1. The van der Waals surface area contributed by atoms with Gasteiger partial charge in [-0.05, 0) is 37.0 Å². The standard InChI is InChI=1S/C17H20FNO/c1-12-5-3-6-13(9-12)10-15(19)11-14-7-4-8-16(20-2)17(14)18/h3-9,15H,10-11,19H2,1-2H3. The number of benzene rings is 2. The third-order valence-corrected chi connectivity index (χ3v) is 3.33. The van der Waals surface area contributed by atoms with Crippen molar-refractivity contribution in [3.05, 3.63) is 65.0 Å². The first-order valence-electron chi connectivity index (χ1n) is 6.72. The van der Waals surface area contributed by atoms with E-state index in [1.807, 2.05) is 6.07 Å². The van der Waals surface area contributed by atoms with Crippen LogP contribution in [0.15, 0.2) is 42.5 Å². The molecule has 20 heavy (non-hydrogen) atoms. The molecule has 0 bridgehead atoms. The highest BCUT2D eigenvalue weighted by atomic mass is 19.1. The second-order valence-corrected chi connectivity index (χ2v) is 5.09. The van der Waals surface area contributed by atoms with E-state index in [2.05, 4.69) is 25.1 Å². The van der Waals surface area contributed by atoms with Crippen molar-refractivity contribution in [1.82, 2.24) is 0 Å². The normalized spacial score (nSPS) is 12.2. The summed E-state index contributed by atoms with van der Waals surface area (Å²) < 4.78 is 19.0. The summed E-state index contributed by atoms with van der Waals surface area (Å²) in [6, 6.07) is 13.3. The van der Waals surface area contributed by atoms with Crippen LogP contribution in [0.3, 0.4) is 0 Å². The van der Waals surface area contributed by atoms with E-state index in [1.54, 1.807) is 18.2 Å². The zero-order valence-corrected chi connectivity index (χ0v) is 11.9. The molecule has 2 aromatic carbocycles. The van der Waals surface area contributed by atoms with Crippen molar-refractivity contribution >= 4 is 0 Å². The van der Waals surface area contributed by atoms with Crippen molar-refractivity contribution < 1.29 is 9.13 Å². The summed E-state index contributed by atoms with van der Waals surface area (Å²) in [6.45, 7) is 2.05. The monoisotopic (exact) mass is 273 g/mol. The van der Waals surface area contributed by atoms with Crippen molar-refractivity contribution in [2.45, 2.75) is 25.8 Å². The smallest absolute Gasteiger partial charge is 0.168 e. The molecule has 0 aliphatic carbocycles. The highest BCUT2D eigenvalue weighted by Crippen LogP contribution is 2.21. The first-order chi connectivity index (χ1) is 9.60. The molecule has 0 amide bonds. The molecule has 0 spiro atoms. The Bertz CT molecular complexity index is 583. The lowest BCUT2D eigenvalue weighted by molar-refractivity contribution is 0.383. The minimum atomic E-state index is -0.310. The largest absolute Gasteiger partial charge is 0.494 e. The van der Waals surface area contributed by atoms with Crippen LogP contribution in [-0.2, 0) is 12.8 Å². The fourth-order valence-corrected chi connectivity index (χ4v) is 2.37. The maximum Gasteiger partial charge on any atom is 0.168 e. The number of methoxy groups -OCH3 is 1. The van der Waals surface area contributed by atoms with Gasteiger partial charge >= 0.3 is 0 Å². The fourth-order valence-electron chi connectivity index (χ4n) is 2.37. The van der Waals surface area contributed by atoms with Crippen molar-refractivity contribution in [3.8, 4) is 5.75 Å². The number of hydrogen-bond donors (Lipinski definition) is 1. The minimum Gasteiger partial charge on any atom is -0.494 e. The minimum absolute atomic E-state index is 0.113. The Kier molecular flexibility index (Phi) is 4.74. The summed E-state index contributed by atoms with van der Waals surface area (Å²) in [5, 5.41) is 0. The molecule has 0 saturated carbocycles. The topological polar surface area (TPSA) is 35.2 Å². The number of ether oxygens (including phenoxy) is 1. The summed E-state index contributed by atoms with van der Waals surface area (Å²) in [5.74, 6) is -0.0417. The van der Waals surface area contributed by atoms with Gasteiger partial charge in [-0.25, -0.2) is 4.39 Å². The van der Waals surface area contributed by atoms with Crippen LogP contribution in [0.2, 0.25) is 0 Å². The highest BCUT2D eigenvalue weighted by Gasteiger charge is 2.12. The Balaban J connectivity index is 2.06. The Labute approximate surface area is 119 Å². The second kappa shape index (κ2) is 6.53. The van der Waals surface area contributed by atoms with Crippen LogP contribution >= 0.6 is 0 Å². The predicted molar refractivity (Wildman–Crippen MR) is 79.5 cm³/mol. The first-order valence-corrected chi connectivity index (χ1v) is 6.72. The van der Waals surface area contributed by atoms with E-state index in [0.29, 0.717) is 12.0 Å². The van der Waals surface area contributed by atoms with Gasteiger partial charge in [0.1, 0.15) is 0 Å². The van der Waals surface area contributed by atoms with E-state index in [1.165, 1.54) is 18.2 Å². The average molecular weight is 273 g/mol. The summed E-state index contributed by atoms with van der Waals surface area (Å²) in [4.78, 5) is 0. The highest BCUT2D eigenvalue weighted by molar-refractivity contribution is 5.32. The van der Waals surface area contributed by atoms with E-state index >= 15 is 0 Å². The van der Waals surface area contributed by atoms with Crippen LogP contribution in [0.5, 0.6) is 5.75 Å². The van der Waals surface area contributed by atoms with Crippen LogP contribution in [-0.4, -0.2) is 13.2 Å². The molecule has 2 rings (SSSR count). The van der Waals surface area contributed by atoms with Gasteiger partial charge in [-0.2, -0.15) is 0 Å². The molecule has 0 aromatic heterocycles. The van der Waals surface area contributed by atoms with Gasteiger partial charge in [-0.15, -0.1) is 0 Å². The number of hydrogen-bond acceptors (Lipinski definition) is 2. The fraction of sp³-hybridized carbons (Fsp3) is 0.294. The Morgan fingerprint density at radius 3 is 2.60 bits per heavy atom. The number of rotatable bonds is 5. The van der Waals surface area contributed by atoms with Gasteiger partial charge in [0.05, 0.1) is 7.11 Å².